The van der Waals surface area contributed by atoms with Gasteiger partial charge in [-0.3, -0.25) is 0 Å². The summed E-state index contributed by atoms with van der Waals surface area (Å²) < 4.78 is 0. The van der Waals surface area contributed by atoms with Gasteiger partial charge in [-0.25, -0.2) is 5.10 Å². The summed E-state index contributed by atoms with van der Waals surface area (Å²) in [7, 11) is 0. The summed E-state index contributed by atoms with van der Waals surface area (Å²) >= 11 is 0. The molecule has 1 saturated carbocycles. The first kappa shape index (κ1) is 9.26. The third-order valence-electron chi connectivity index (χ3n) is 2.61. The van der Waals surface area contributed by atoms with E-state index in [9.17, 15) is 5.11 Å². The molecule has 0 bridgehead atoms. The molecule has 0 aliphatic heterocycles. The minimum atomic E-state index is -0.588. The summed E-state index contributed by atoms with van der Waals surface area (Å²) in [5.41, 5.74) is 4.78. The van der Waals surface area contributed by atoms with Crippen LogP contribution in [0.3, 0.4) is 0 Å². The minimum Gasteiger partial charge on any atom is -0.388 e. The monoisotopic (exact) mass is 197 g/mol. The van der Waals surface area contributed by atoms with Crippen molar-refractivity contribution in [3.05, 3.63) is 0 Å². The van der Waals surface area contributed by atoms with Gasteiger partial charge in [-0.2, -0.15) is 4.98 Å². The van der Waals surface area contributed by atoms with Crippen LogP contribution in [-0.2, 0) is 0 Å². The van der Waals surface area contributed by atoms with Crippen LogP contribution in [0, 0.1) is 0 Å². The van der Waals surface area contributed by atoms with Gasteiger partial charge >= 0.3 is 0 Å². The molecular formula is C8H15N5O. The molecule has 2 rings (SSSR count). The average molecular weight is 197 g/mol. The first-order valence-corrected chi connectivity index (χ1v) is 4.82. The van der Waals surface area contributed by atoms with Crippen molar-refractivity contribution in [3.63, 3.8) is 0 Å². The van der Waals surface area contributed by atoms with E-state index in [4.69, 9.17) is 5.73 Å². The number of nitrogens with one attached hydrogen (secondary N) is 2. The molecule has 78 valence electrons. The Morgan fingerprint density at radius 3 is 2.79 bits per heavy atom. The second kappa shape index (κ2) is 3.45. The quantitative estimate of drug-likeness (QED) is 0.551. The van der Waals surface area contributed by atoms with E-state index in [-0.39, 0.29) is 5.95 Å². The molecule has 6 nitrogen and oxygen atoms in total. The molecule has 0 amide bonds. The van der Waals surface area contributed by atoms with Crippen molar-refractivity contribution in [3.8, 4) is 0 Å². The lowest BCUT2D eigenvalue weighted by molar-refractivity contribution is 0.0613. The predicted octanol–water partition coefficient (Wildman–Crippen LogP) is 0.104. The second-order valence-corrected chi connectivity index (χ2v) is 3.83. The van der Waals surface area contributed by atoms with E-state index in [0.717, 1.165) is 25.7 Å². The fraction of sp³-hybridized carbons (Fsp3) is 0.750. The predicted molar refractivity (Wildman–Crippen MR) is 52.7 cm³/mol. The summed E-state index contributed by atoms with van der Waals surface area (Å²) in [6, 6.07) is 0. The van der Waals surface area contributed by atoms with Crippen molar-refractivity contribution < 1.29 is 5.11 Å². The van der Waals surface area contributed by atoms with Crippen molar-refractivity contribution in [2.75, 3.05) is 17.6 Å². The van der Waals surface area contributed by atoms with Gasteiger partial charge < -0.3 is 16.2 Å². The third kappa shape index (κ3) is 1.95. The largest absolute Gasteiger partial charge is 0.388 e. The van der Waals surface area contributed by atoms with Gasteiger partial charge in [-0.1, -0.05) is 12.8 Å². The lowest BCUT2D eigenvalue weighted by Gasteiger charge is -2.21. The molecular weight excluding hydrogens is 182 g/mol. The second-order valence-electron chi connectivity index (χ2n) is 3.83. The van der Waals surface area contributed by atoms with Crippen LogP contribution >= 0.6 is 0 Å². The maximum absolute atomic E-state index is 10.00. The van der Waals surface area contributed by atoms with E-state index in [1.54, 1.807) is 0 Å². The zero-order valence-electron chi connectivity index (χ0n) is 7.95. The van der Waals surface area contributed by atoms with Gasteiger partial charge in [0.2, 0.25) is 11.9 Å². The van der Waals surface area contributed by atoms with Gasteiger partial charge in [0, 0.05) is 6.54 Å². The van der Waals surface area contributed by atoms with Gasteiger partial charge in [0.05, 0.1) is 5.60 Å². The summed E-state index contributed by atoms with van der Waals surface area (Å²) in [4.78, 5) is 3.89. The van der Waals surface area contributed by atoms with E-state index in [0.29, 0.717) is 12.5 Å². The van der Waals surface area contributed by atoms with Crippen LogP contribution in [0.25, 0.3) is 0 Å². The van der Waals surface area contributed by atoms with Crippen molar-refractivity contribution in [1.82, 2.24) is 15.2 Å². The number of nitrogens with zero attached hydrogens (tertiary/aromatic N) is 2. The lowest BCUT2D eigenvalue weighted by atomic mass is 10.0. The standard InChI is InChI=1S/C8H15N5O/c9-6-11-7(13-12-6)10-5-8(14)3-1-2-4-8/h14H,1-5H2,(H4,9,10,11,12,13). The van der Waals surface area contributed by atoms with Gasteiger partial charge in [0.1, 0.15) is 0 Å². The zero-order chi connectivity index (χ0) is 10.0. The Morgan fingerprint density at radius 2 is 2.21 bits per heavy atom. The van der Waals surface area contributed by atoms with E-state index in [2.05, 4.69) is 20.5 Å². The highest BCUT2D eigenvalue weighted by Gasteiger charge is 2.30. The molecule has 5 N–H and O–H groups in total. The molecule has 1 aliphatic carbocycles. The first-order chi connectivity index (χ1) is 6.68. The fourth-order valence-corrected chi connectivity index (χ4v) is 1.81. The Morgan fingerprint density at radius 1 is 1.50 bits per heavy atom. The molecule has 0 spiro atoms. The number of anilines is 2. The highest BCUT2D eigenvalue weighted by Crippen LogP contribution is 2.29. The number of nitrogen functional groups attached to an aromatic ring is 1. The topological polar surface area (TPSA) is 99.8 Å². The van der Waals surface area contributed by atoms with E-state index in [1.165, 1.54) is 0 Å². The molecule has 1 aromatic rings. The Balaban J connectivity index is 1.87. The average Bonchev–Trinajstić information content (AvgIpc) is 2.73. The highest BCUT2D eigenvalue weighted by molar-refractivity contribution is 5.30. The summed E-state index contributed by atoms with van der Waals surface area (Å²) in [6.45, 7) is 0.490. The number of rotatable bonds is 3. The smallest absolute Gasteiger partial charge is 0.243 e. The SMILES string of the molecule is Nc1nc(NCC2(O)CCCC2)n[nH]1. The Bertz CT molecular complexity index is 304. The maximum Gasteiger partial charge on any atom is 0.243 e. The van der Waals surface area contributed by atoms with Crippen molar-refractivity contribution >= 4 is 11.9 Å². The van der Waals surface area contributed by atoms with Crippen LogP contribution in [0.15, 0.2) is 0 Å². The van der Waals surface area contributed by atoms with Gasteiger partial charge in [-0.05, 0) is 12.8 Å². The molecule has 14 heavy (non-hydrogen) atoms. The van der Waals surface area contributed by atoms with Crippen molar-refractivity contribution in [2.24, 2.45) is 0 Å². The summed E-state index contributed by atoms with van der Waals surface area (Å²) in [6.07, 6.45) is 3.88. The molecule has 0 radical (unpaired) electrons. The molecule has 1 aromatic heterocycles. The number of aromatic nitrogens is 3. The minimum absolute atomic E-state index is 0.283. The van der Waals surface area contributed by atoms with E-state index in [1.807, 2.05) is 0 Å². The summed E-state index contributed by atoms with van der Waals surface area (Å²) in [5.74, 6) is 0.730. The van der Waals surface area contributed by atoms with E-state index >= 15 is 0 Å². The van der Waals surface area contributed by atoms with Crippen molar-refractivity contribution in [2.45, 2.75) is 31.3 Å². The molecule has 0 atom stereocenters. The van der Waals surface area contributed by atoms with E-state index < -0.39 is 5.60 Å². The number of nitrogens with two attached hydrogens (primary N) is 1. The van der Waals surface area contributed by atoms with Crippen LogP contribution in [-0.4, -0.2) is 32.4 Å². The number of aliphatic hydroxyl groups is 1. The van der Waals surface area contributed by atoms with Gasteiger partial charge in [-0.15, -0.1) is 5.10 Å². The normalized spacial score (nSPS) is 19.8. The summed E-state index contributed by atoms with van der Waals surface area (Å²) in [5, 5.41) is 19.3. The van der Waals surface area contributed by atoms with Crippen LogP contribution in [0.2, 0.25) is 0 Å². The van der Waals surface area contributed by atoms with Gasteiger partial charge in [0.25, 0.3) is 0 Å². The van der Waals surface area contributed by atoms with Crippen LogP contribution in [0.5, 0.6) is 0 Å². The molecule has 6 heteroatoms. The fourth-order valence-electron chi connectivity index (χ4n) is 1.81. The Kier molecular flexibility index (Phi) is 2.28. The van der Waals surface area contributed by atoms with Gasteiger partial charge in [0.15, 0.2) is 0 Å². The first-order valence-electron chi connectivity index (χ1n) is 4.82. The molecule has 1 aliphatic rings. The number of H-pyrrole nitrogens is 1. The van der Waals surface area contributed by atoms with Crippen LogP contribution < -0.4 is 11.1 Å². The van der Waals surface area contributed by atoms with Crippen molar-refractivity contribution in [1.29, 1.82) is 0 Å². The maximum atomic E-state index is 10.00. The number of hydrogen-bond donors (Lipinski definition) is 4. The lowest BCUT2D eigenvalue weighted by Crippen LogP contribution is -2.33. The molecule has 1 fully saturated rings. The zero-order valence-corrected chi connectivity index (χ0v) is 7.95. The number of hydrogen-bond acceptors (Lipinski definition) is 5. The molecule has 0 saturated heterocycles. The van der Waals surface area contributed by atoms with Crippen LogP contribution in [0.1, 0.15) is 25.7 Å². The number of aromatic amines is 1. The third-order valence-corrected chi connectivity index (χ3v) is 2.61. The molecule has 1 heterocycles. The molecule has 0 aromatic carbocycles. The molecule has 0 unspecified atom stereocenters. The Hall–Kier alpha value is -1.30. The highest BCUT2D eigenvalue weighted by atomic mass is 16.3. The Labute approximate surface area is 81.9 Å². The van der Waals surface area contributed by atoms with Crippen LogP contribution in [0.4, 0.5) is 11.9 Å².